The van der Waals surface area contributed by atoms with Gasteiger partial charge in [0.25, 0.3) is 0 Å². The van der Waals surface area contributed by atoms with E-state index in [1.807, 2.05) is 25.1 Å². The molecule has 0 bridgehead atoms. The van der Waals surface area contributed by atoms with Crippen LogP contribution < -0.4 is 0 Å². The zero-order chi connectivity index (χ0) is 11.8. The minimum atomic E-state index is -0.0439. The van der Waals surface area contributed by atoms with Crippen molar-refractivity contribution in [3.05, 3.63) is 42.0 Å². The highest BCUT2D eigenvalue weighted by Crippen LogP contribution is 2.28. The monoisotopic (exact) mass is 215 g/mol. The normalized spacial score (nSPS) is 11.8. The van der Waals surface area contributed by atoms with Crippen LogP contribution >= 0.6 is 0 Å². The van der Waals surface area contributed by atoms with E-state index in [-0.39, 0.29) is 5.41 Å². The Labute approximate surface area is 96.3 Å². The van der Waals surface area contributed by atoms with Crippen molar-refractivity contribution in [3.8, 4) is 11.3 Å². The number of nitrogens with zero attached hydrogens (tertiary/aromatic N) is 1. The second-order valence-corrected chi connectivity index (χ2v) is 5.04. The van der Waals surface area contributed by atoms with E-state index in [2.05, 4.69) is 37.9 Å². The Kier molecular flexibility index (Phi) is 2.58. The molecular weight excluding hydrogens is 198 g/mol. The number of aromatic nitrogens is 1. The van der Waals surface area contributed by atoms with Crippen molar-refractivity contribution in [2.45, 2.75) is 33.1 Å². The van der Waals surface area contributed by atoms with E-state index in [0.717, 1.165) is 22.9 Å². The number of rotatable bonds is 1. The first-order valence-electron chi connectivity index (χ1n) is 5.52. The van der Waals surface area contributed by atoms with Crippen LogP contribution in [0.15, 0.2) is 34.7 Å². The molecule has 0 aliphatic rings. The van der Waals surface area contributed by atoms with Crippen LogP contribution in [0.1, 0.15) is 32.4 Å². The van der Waals surface area contributed by atoms with Gasteiger partial charge >= 0.3 is 0 Å². The minimum Gasteiger partial charge on any atom is -0.445 e. The maximum atomic E-state index is 5.72. The molecule has 0 saturated carbocycles. The third kappa shape index (κ3) is 2.01. The standard InChI is InChI=1S/C14H17NO/c1-10-12(11-8-6-5-7-9-11)15-13(16-10)14(2,3)4/h5-9H,1-4H3. The molecule has 0 amide bonds. The number of benzene rings is 1. The molecule has 0 unspecified atom stereocenters. The highest BCUT2D eigenvalue weighted by molar-refractivity contribution is 5.60. The molecule has 0 spiro atoms. The molecule has 16 heavy (non-hydrogen) atoms. The summed E-state index contributed by atoms with van der Waals surface area (Å²) in [5.74, 6) is 1.68. The second-order valence-electron chi connectivity index (χ2n) is 5.04. The summed E-state index contributed by atoms with van der Waals surface area (Å²) in [6.45, 7) is 8.28. The second kappa shape index (κ2) is 3.78. The van der Waals surface area contributed by atoms with Gasteiger partial charge in [-0.25, -0.2) is 4.98 Å². The fourth-order valence-corrected chi connectivity index (χ4v) is 1.58. The smallest absolute Gasteiger partial charge is 0.200 e. The van der Waals surface area contributed by atoms with Gasteiger partial charge in [-0.2, -0.15) is 0 Å². The van der Waals surface area contributed by atoms with Crippen molar-refractivity contribution >= 4 is 0 Å². The average molecular weight is 215 g/mol. The van der Waals surface area contributed by atoms with Gasteiger partial charge in [0.1, 0.15) is 11.5 Å². The molecule has 2 nitrogen and oxygen atoms in total. The third-order valence-electron chi connectivity index (χ3n) is 2.49. The summed E-state index contributed by atoms with van der Waals surface area (Å²) >= 11 is 0. The van der Waals surface area contributed by atoms with Crippen molar-refractivity contribution in [1.29, 1.82) is 0 Å². The fourth-order valence-electron chi connectivity index (χ4n) is 1.58. The van der Waals surface area contributed by atoms with Gasteiger partial charge in [-0.1, -0.05) is 51.1 Å². The maximum Gasteiger partial charge on any atom is 0.200 e. The first-order chi connectivity index (χ1) is 7.48. The highest BCUT2D eigenvalue weighted by atomic mass is 16.4. The fraction of sp³-hybridized carbons (Fsp3) is 0.357. The van der Waals surface area contributed by atoms with Crippen LogP contribution in [-0.2, 0) is 5.41 Å². The van der Waals surface area contributed by atoms with Gasteiger partial charge in [-0.15, -0.1) is 0 Å². The van der Waals surface area contributed by atoms with Crippen LogP contribution in [0.2, 0.25) is 0 Å². The van der Waals surface area contributed by atoms with Gasteiger partial charge in [0.15, 0.2) is 5.89 Å². The first kappa shape index (κ1) is 10.9. The highest BCUT2D eigenvalue weighted by Gasteiger charge is 2.22. The van der Waals surface area contributed by atoms with Crippen molar-refractivity contribution in [2.24, 2.45) is 0 Å². The van der Waals surface area contributed by atoms with Gasteiger partial charge in [0, 0.05) is 11.0 Å². The summed E-state index contributed by atoms with van der Waals surface area (Å²) in [5.41, 5.74) is 2.02. The molecular formula is C14H17NO. The Balaban J connectivity index is 2.48. The Hall–Kier alpha value is -1.57. The number of hydrogen-bond donors (Lipinski definition) is 0. The summed E-state index contributed by atoms with van der Waals surface area (Å²) in [5, 5.41) is 0. The Morgan fingerprint density at radius 2 is 1.69 bits per heavy atom. The molecule has 0 fully saturated rings. The number of oxazole rings is 1. The molecule has 84 valence electrons. The number of hydrogen-bond acceptors (Lipinski definition) is 2. The quantitative estimate of drug-likeness (QED) is 0.720. The van der Waals surface area contributed by atoms with Crippen LogP contribution in [0, 0.1) is 6.92 Å². The Morgan fingerprint density at radius 3 is 2.19 bits per heavy atom. The predicted molar refractivity (Wildman–Crippen MR) is 65.4 cm³/mol. The summed E-state index contributed by atoms with van der Waals surface area (Å²) in [6.07, 6.45) is 0. The van der Waals surface area contributed by atoms with E-state index in [4.69, 9.17) is 4.42 Å². The largest absolute Gasteiger partial charge is 0.445 e. The van der Waals surface area contributed by atoms with Crippen LogP contribution in [0.4, 0.5) is 0 Å². The van der Waals surface area contributed by atoms with E-state index in [1.165, 1.54) is 0 Å². The number of aryl methyl sites for hydroxylation is 1. The van der Waals surface area contributed by atoms with Crippen LogP contribution in [0.3, 0.4) is 0 Å². The SMILES string of the molecule is Cc1oc(C(C)(C)C)nc1-c1ccccc1. The molecule has 0 aliphatic carbocycles. The molecule has 1 aromatic carbocycles. The van der Waals surface area contributed by atoms with E-state index < -0.39 is 0 Å². The molecule has 0 radical (unpaired) electrons. The van der Waals surface area contributed by atoms with E-state index in [1.54, 1.807) is 0 Å². The molecule has 1 heterocycles. The molecule has 0 saturated heterocycles. The summed E-state index contributed by atoms with van der Waals surface area (Å²) in [7, 11) is 0. The van der Waals surface area contributed by atoms with Gasteiger partial charge in [0.05, 0.1) is 0 Å². The van der Waals surface area contributed by atoms with Gasteiger partial charge < -0.3 is 4.42 Å². The average Bonchev–Trinajstić information content (AvgIpc) is 2.61. The molecule has 0 N–H and O–H groups in total. The topological polar surface area (TPSA) is 26.0 Å². The maximum absolute atomic E-state index is 5.72. The predicted octanol–water partition coefficient (Wildman–Crippen LogP) is 3.95. The third-order valence-corrected chi connectivity index (χ3v) is 2.49. The molecule has 0 aliphatic heterocycles. The molecule has 1 aromatic heterocycles. The molecule has 2 rings (SSSR count). The first-order valence-corrected chi connectivity index (χ1v) is 5.52. The lowest BCUT2D eigenvalue weighted by Gasteiger charge is -2.11. The van der Waals surface area contributed by atoms with Crippen LogP contribution in [0.25, 0.3) is 11.3 Å². The van der Waals surface area contributed by atoms with Crippen molar-refractivity contribution in [2.75, 3.05) is 0 Å². The van der Waals surface area contributed by atoms with E-state index >= 15 is 0 Å². The van der Waals surface area contributed by atoms with Crippen molar-refractivity contribution < 1.29 is 4.42 Å². The Bertz CT molecular complexity index is 477. The summed E-state index contributed by atoms with van der Waals surface area (Å²) in [4.78, 5) is 4.58. The molecule has 2 heteroatoms. The lowest BCUT2D eigenvalue weighted by atomic mass is 9.97. The summed E-state index contributed by atoms with van der Waals surface area (Å²) < 4.78 is 5.72. The van der Waals surface area contributed by atoms with Gasteiger partial charge in [-0.3, -0.25) is 0 Å². The zero-order valence-electron chi connectivity index (χ0n) is 10.2. The Morgan fingerprint density at radius 1 is 1.06 bits per heavy atom. The van der Waals surface area contributed by atoms with Crippen molar-refractivity contribution in [3.63, 3.8) is 0 Å². The van der Waals surface area contributed by atoms with E-state index in [0.29, 0.717) is 0 Å². The van der Waals surface area contributed by atoms with E-state index in [9.17, 15) is 0 Å². The van der Waals surface area contributed by atoms with Crippen molar-refractivity contribution in [1.82, 2.24) is 4.98 Å². The van der Waals surface area contributed by atoms with Crippen LogP contribution in [-0.4, -0.2) is 4.98 Å². The lowest BCUT2D eigenvalue weighted by molar-refractivity contribution is 0.380. The molecule has 2 aromatic rings. The lowest BCUT2D eigenvalue weighted by Crippen LogP contribution is -2.11. The van der Waals surface area contributed by atoms with Gasteiger partial charge in [0.2, 0.25) is 0 Å². The summed E-state index contributed by atoms with van der Waals surface area (Å²) in [6, 6.07) is 10.1. The van der Waals surface area contributed by atoms with Gasteiger partial charge in [-0.05, 0) is 6.92 Å². The van der Waals surface area contributed by atoms with Crippen LogP contribution in [0.5, 0.6) is 0 Å². The zero-order valence-corrected chi connectivity index (χ0v) is 10.2. The minimum absolute atomic E-state index is 0.0439. The molecule has 0 atom stereocenters.